The van der Waals surface area contributed by atoms with E-state index in [2.05, 4.69) is 190 Å². The Kier molecular flexibility index (Phi) is 14.6. The topological polar surface area (TPSA) is 13.0 Å². The number of benzene rings is 3. The molecule has 0 radical (unpaired) electrons. The van der Waals surface area contributed by atoms with Crippen LogP contribution in [-0.4, -0.2) is 63.3 Å². The molecular weight excluding hydrogens is 597 g/mol. The van der Waals surface area contributed by atoms with E-state index < -0.39 is 0 Å². The van der Waals surface area contributed by atoms with Gasteiger partial charge in [-0.3, -0.25) is 4.90 Å². The van der Waals surface area contributed by atoms with Crippen LogP contribution in [0, 0.1) is 0 Å². The molecule has 0 bridgehead atoms. The largest absolute Gasteiger partial charge is 0.372 e. The van der Waals surface area contributed by atoms with Gasteiger partial charge in [0.05, 0.1) is 0 Å². The van der Waals surface area contributed by atoms with E-state index in [9.17, 15) is 0 Å². The van der Waals surface area contributed by atoms with E-state index >= 15 is 0 Å². The van der Waals surface area contributed by atoms with Gasteiger partial charge in [0.15, 0.2) is 0 Å². The lowest BCUT2D eigenvalue weighted by atomic mass is 9.93. The summed E-state index contributed by atoms with van der Waals surface area (Å²) >= 11 is 0. The first kappa shape index (κ1) is 37.5. The van der Waals surface area contributed by atoms with Gasteiger partial charge in [0, 0.05) is 62.4 Å². The third-order valence-electron chi connectivity index (χ3n) is 9.94. The lowest BCUT2D eigenvalue weighted by molar-refractivity contribution is 0.287. The molecule has 0 amide bonds. The minimum atomic E-state index is 0.333. The van der Waals surface area contributed by atoms with Gasteiger partial charge in [0.2, 0.25) is 0 Å². The Balaban J connectivity index is 1.79. The monoisotopic (exact) mass is 656 g/mol. The number of likely N-dealkylation sites (N-methyl/N-ethyl adjacent to an activating group) is 1. The van der Waals surface area contributed by atoms with Gasteiger partial charge >= 0.3 is 0 Å². The third-order valence-corrected chi connectivity index (χ3v) is 9.94. The second-order valence-electron chi connectivity index (χ2n) is 12.4. The van der Waals surface area contributed by atoms with Crippen LogP contribution >= 0.6 is 0 Å². The third kappa shape index (κ3) is 9.45. The van der Waals surface area contributed by atoms with Crippen molar-refractivity contribution in [2.75, 3.05) is 67.1 Å². The zero-order valence-corrected chi connectivity index (χ0v) is 31.5. The first-order chi connectivity index (χ1) is 23.9. The van der Waals surface area contributed by atoms with Crippen LogP contribution in [0.15, 0.2) is 121 Å². The summed E-state index contributed by atoms with van der Waals surface area (Å²) in [5.41, 5.74) is 11.1. The summed E-state index contributed by atoms with van der Waals surface area (Å²) in [5.74, 6) is 0. The summed E-state index contributed by atoms with van der Waals surface area (Å²) in [4.78, 5) is 9.66. The Morgan fingerprint density at radius 3 is 1.20 bits per heavy atom. The van der Waals surface area contributed by atoms with Gasteiger partial charge in [0.25, 0.3) is 0 Å². The summed E-state index contributed by atoms with van der Waals surface area (Å²) < 4.78 is 0. The van der Waals surface area contributed by atoms with Gasteiger partial charge in [0.1, 0.15) is 0 Å². The normalized spacial score (nSPS) is 14.1. The van der Waals surface area contributed by atoms with Crippen molar-refractivity contribution in [1.29, 1.82) is 0 Å². The highest BCUT2D eigenvalue weighted by molar-refractivity contribution is 5.85. The number of anilines is 3. The molecule has 0 aromatic heterocycles. The Hall–Kier alpha value is -4.28. The molecule has 0 atom stereocenters. The van der Waals surface area contributed by atoms with E-state index in [4.69, 9.17) is 0 Å². The van der Waals surface area contributed by atoms with Crippen LogP contribution in [-0.2, 0) is 0 Å². The number of allylic oxidation sites excluding steroid dienone is 7. The molecule has 0 aliphatic heterocycles. The number of hydrogen-bond donors (Lipinski definition) is 0. The smallest absolute Gasteiger partial charge is 0.0467 e. The van der Waals surface area contributed by atoms with Crippen molar-refractivity contribution in [3.8, 4) is 0 Å². The molecule has 1 aliphatic carbocycles. The number of nitrogens with zero attached hydrogens (tertiary/aromatic N) is 4. The second kappa shape index (κ2) is 19.0. The van der Waals surface area contributed by atoms with Crippen LogP contribution in [0.3, 0.4) is 0 Å². The van der Waals surface area contributed by atoms with Crippen molar-refractivity contribution in [3.63, 3.8) is 0 Å². The molecule has 0 unspecified atom stereocenters. The number of hydrogen-bond acceptors (Lipinski definition) is 4. The maximum absolute atomic E-state index is 2.48. The van der Waals surface area contributed by atoms with Crippen molar-refractivity contribution >= 4 is 28.2 Å². The van der Waals surface area contributed by atoms with E-state index in [-0.39, 0.29) is 0 Å². The lowest BCUT2D eigenvalue weighted by Gasteiger charge is -2.26. The molecule has 0 saturated carbocycles. The van der Waals surface area contributed by atoms with Crippen LogP contribution in [0.2, 0.25) is 0 Å². The van der Waals surface area contributed by atoms with Crippen LogP contribution in [0.5, 0.6) is 0 Å². The van der Waals surface area contributed by atoms with Crippen molar-refractivity contribution in [2.45, 2.75) is 61.4 Å². The van der Waals surface area contributed by atoms with Gasteiger partial charge in [-0.2, -0.15) is 0 Å². The van der Waals surface area contributed by atoms with Gasteiger partial charge < -0.3 is 14.7 Å². The van der Waals surface area contributed by atoms with Crippen molar-refractivity contribution in [3.05, 3.63) is 138 Å². The SMILES string of the molecule is CCN(CC)c1ccc(C(=C/C=C/C(=C2C=CC(N(CC)CC)C=C2)c2ccc(N(CC)CC)cc2)c2ccc(N(CC)CC)cc2)cc1. The Morgan fingerprint density at radius 2 is 0.857 bits per heavy atom. The average molecular weight is 657 g/mol. The summed E-state index contributed by atoms with van der Waals surface area (Å²) in [6, 6.07) is 27.6. The first-order valence-corrected chi connectivity index (χ1v) is 18.7. The predicted octanol–water partition coefficient (Wildman–Crippen LogP) is 10.5. The summed E-state index contributed by atoms with van der Waals surface area (Å²) in [5, 5.41) is 0. The molecule has 3 aromatic rings. The van der Waals surface area contributed by atoms with E-state index in [1.165, 1.54) is 50.5 Å². The molecule has 0 heterocycles. The van der Waals surface area contributed by atoms with E-state index in [1.54, 1.807) is 0 Å². The van der Waals surface area contributed by atoms with Crippen LogP contribution < -0.4 is 14.7 Å². The van der Waals surface area contributed by atoms with Gasteiger partial charge in [-0.05, 0) is 124 Å². The maximum atomic E-state index is 2.48. The number of rotatable bonds is 17. The molecular formula is C45H60N4. The fraction of sp³-hybridized carbons (Fsp3) is 0.378. The molecule has 4 rings (SSSR count). The fourth-order valence-corrected chi connectivity index (χ4v) is 6.87. The molecule has 0 fully saturated rings. The molecule has 0 saturated heterocycles. The molecule has 3 aromatic carbocycles. The molecule has 4 heteroatoms. The van der Waals surface area contributed by atoms with Crippen LogP contribution in [0.1, 0.15) is 72.1 Å². The Labute approximate surface area is 298 Å². The van der Waals surface area contributed by atoms with Gasteiger partial charge in [-0.25, -0.2) is 0 Å². The van der Waals surface area contributed by atoms with Crippen LogP contribution in [0.25, 0.3) is 11.1 Å². The maximum Gasteiger partial charge on any atom is 0.0467 e. The Bertz CT molecular complexity index is 1500. The van der Waals surface area contributed by atoms with Gasteiger partial charge in [-0.15, -0.1) is 0 Å². The minimum Gasteiger partial charge on any atom is -0.372 e. The average Bonchev–Trinajstić information content (AvgIpc) is 3.15. The first-order valence-electron chi connectivity index (χ1n) is 18.7. The highest BCUT2D eigenvalue weighted by atomic mass is 15.1. The summed E-state index contributed by atoms with van der Waals surface area (Å²) in [6.07, 6.45) is 16.1. The quantitative estimate of drug-likeness (QED) is 0.134. The van der Waals surface area contributed by atoms with E-state index in [0.717, 1.165) is 52.4 Å². The molecule has 1 aliphatic rings. The predicted molar refractivity (Wildman–Crippen MR) is 218 cm³/mol. The summed E-state index contributed by atoms with van der Waals surface area (Å²) in [7, 11) is 0. The molecule has 49 heavy (non-hydrogen) atoms. The van der Waals surface area contributed by atoms with Crippen molar-refractivity contribution in [1.82, 2.24) is 4.90 Å². The van der Waals surface area contributed by atoms with E-state index in [1.807, 2.05) is 0 Å². The van der Waals surface area contributed by atoms with Crippen LogP contribution in [0.4, 0.5) is 17.1 Å². The van der Waals surface area contributed by atoms with E-state index in [0.29, 0.717) is 6.04 Å². The minimum absolute atomic E-state index is 0.333. The van der Waals surface area contributed by atoms with Crippen molar-refractivity contribution in [2.24, 2.45) is 0 Å². The highest BCUT2D eigenvalue weighted by Gasteiger charge is 2.14. The highest BCUT2D eigenvalue weighted by Crippen LogP contribution is 2.30. The zero-order valence-electron chi connectivity index (χ0n) is 31.5. The molecule has 4 nitrogen and oxygen atoms in total. The standard InChI is InChI=1S/C45H60N4/c1-9-46(10-2)40-28-20-36(21-29-40)44(37-22-30-41(31-23-37)47(11-3)12-4)18-17-19-45(38-24-32-42(33-25-38)48(13-5)14-6)39-26-34-43(35-27-39)49(15-7)16-8/h17-35,40H,9-16H2,1-8H3/b18-17+,44-36?. The second-order valence-corrected chi connectivity index (χ2v) is 12.4. The summed E-state index contributed by atoms with van der Waals surface area (Å²) in [6.45, 7) is 25.9. The van der Waals surface area contributed by atoms with Crippen molar-refractivity contribution < 1.29 is 0 Å². The molecule has 0 spiro atoms. The lowest BCUT2D eigenvalue weighted by Crippen LogP contribution is -2.32. The molecule has 260 valence electrons. The Morgan fingerprint density at radius 1 is 0.490 bits per heavy atom. The fourth-order valence-electron chi connectivity index (χ4n) is 6.87. The van der Waals surface area contributed by atoms with Gasteiger partial charge in [-0.1, -0.05) is 92.8 Å². The zero-order chi connectivity index (χ0) is 35.2. The molecule has 0 N–H and O–H groups in total.